The molecule has 0 saturated carbocycles. The molecule has 0 radical (unpaired) electrons. The lowest BCUT2D eigenvalue weighted by atomic mass is 9.85. The zero-order chi connectivity index (χ0) is 15.3. The maximum absolute atomic E-state index is 12.2. The fourth-order valence-electron chi connectivity index (χ4n) is 2.69. The van der Waals surface area contributed by atoms with Crippen LogP contribution in [0.3, 0.4) is 0 Å². The molecule has 0 aliphatic carbocycles. The summed E-state index contributed by atoms with van der Waals surface area (Å²) < 4.78 is 5.59. The van der Waals surface area contributed by atoms with Gasteiger partial charge in [-0.25, -0.2) is 0 Å². The van der Waals surface area contributed by atoms with Crippen LogP contribution in [0.1, 0.15) is 39.5 Å². The lowest BCUT2D eigenvalue weighted by molar-refractivity contribution is -0.131. The van der Waals surface area contributed by atoms with Gasteiger partial charge >= 0.3 is 0 Å². The van der Waals surface area contributed by atoms with Crippen LogP contribution in [0.15, 0.2) is 24.3 Å². The zero-order valence-corrected chi connectivity index (χ0v) is 13.1. The number of likely N-dealkylation sites (tertiary alicyclic amines) is 1. The molecule has 0 bridgehead atoms. The summed E-state index contributed by atoms with van der Waals surface area (Å²) in [5, 5.41) is 0. The Hall–Kier alpha value is -1.71. The Kier molecular flexibility index (Phi) is 5.10. The van der Waals surface area contributed by atoms with Gasteiger partial charge in [0.05, 0.1) is 13.0 Å². The summed E-state index contributed by atoms with van der Waals surface area (Å²) >= 11 is 0. The highest BCUT2D eigenvalue weighted by Crippen LogP contribution is 2.29. The number of hydrogen-bond acceptors (Lipinski definition) is 3. The van der Waals surface area contributed by atoms with Gasteiger partial charge in [0.15, 0.2) is 0 Å². The molecule has 4 nitrogen and oxygen atoms in total. The first-order valence-corrected chi connectivity index (χ1v) is 7.72. The molecule has 2 N–H and O–H groups in total. The third-order valence-electron chi connectivity index (χ3n) is 4.14. The normalized spacial score (nSPS) is 18.1. The van der Waals surface area contributed by atoms with E-state index < -0.39 is 0 Å². The second-order valence-electron chi connectivity index (χ2n) is 6.57. The number of anilines is 1. The van der Waals surface area contributed by atoms with Crippen molar-refractivity contribution in [2.45, 2.75) is 39.5 Å². The van der Waals surface area contributed by atoms with Gasteiger partial charge in [-0.3, -0.25) is 4.79 Å². The number of benzene rings is 1. The van der Waals surface area contributed by atoms with Crippen LogP contribution in [0.2, 0.25) is 0 Å². The molecular weight excluding hydrogens is 264 g/mol. The first kappa shape index (κ1) is 15.7. The molecule has 0 aromatic heterocycles. The number of nitrogens with zero attached hydrogens (tertiary/aromatic N) is 1. The van der Waals surface area contributed by atoms with E-state index in [1.807, 2.05) is 23.1 Å². The minimum atomic E-state index is 0.191. The monoisotopic (exact) mass is 290 g/mol. The van der Waals surface area contributed by atoms with Crippen LogP contribution < -0.4 is 10.5 Å². The molecular formula is C17H26N2O2. The van der Waals surface area contributed by atoms with E-state index >= 15 is 0 Å². The quantitative estimate of drug-likeness (QED) is 0.867. The summed E-state index contributed by atoms with van der Waals surface area (Å²) in [5.41, 5.74) is 6.72. The average Bonchev–Trinajstić information content (AvgIpc) is 2.60. The summed E-state index contributed by atoms with van der Waals surface area (Å²) in [7, 11) is 0. The molecule has 0 unspecified atom stereocenters. The number of rotatable bonds is 4. The average molecular weight is 290 g/mol. The van der Waals surface area contributed by atoms with E-state index in [9.17, 15) is 4.79 Å². The van der Waals surface area contributed by atoms with Gasteiger partial charge in [-0.1, -0.05) is 19.9 Å². The zero-order valence-electron chi connectivity index (χ0n) is 13.1. The van der Waals surface area contributed by atoms with E-state index in [1.54, 1.807) is 6.07 Å². The van der Waals surface area contributed by atoms with Crippen LogP contribution in [0, 0.1) is 5.41 Å². The number of carbonyl (C=O) groups is 1. The number of nitrogen functional groups attached to an aromatic ring is 1. The predicted molar refractivity (Wildman–Crippen MR) is 85.2 cm³/mol. The van der Waals surface area contributed by atoms with Crippen molar-refractivity contribution in [2.24, 2.45) is 5.41 Å². The molecule has 1 heterocycles. The minimum Gasteiger partial charge on any atom is -0.493 e. The van der Waals surface area contributed by atoms with E-state index in [-0.39, 0.29) is 5.91 Å². The van der Waals surface area contributed by atoms with Crippen LogP contribution in [-0.2, 0) is 4.79 Å². The Labute approximate surface area is 127 Å². The van der Waals surface area contributed by atoms with E-state index in [2.05, 4.69) is 13.8 Å². The third-order valence-corrected chi connectivity index (χ3v) is 4.14. The third kappa shape index (κ3) is 4.96. The molecule has 4 heteroatoms. The maximum atomic E-state index is 12.2. The van der Waals surface area contributed by atoms with Crippen molar-refractivity contribution < 1.29 is 9.53 Å². The molecule has 1 amide bonds. The molecule has 1 aliphatic heterocycles. The predicted octanol–water partition coefficient (Wildman–Crippen LogP) is 3.08. The second-order valence-corrected chi connectivity index (χ2v) is 6.57. The van der Waals surface area contributed by atoms with E-state index in [1.165, 1.54) is 6.42 Å². The van der Waals surface area contributed by atoms with Gasteiger partial charge in [0.1, 0.15) is 5.75 Å². The summed E-state index contributed by atoms with van der Waals surface area (Å²) in [6, 6.07) is 7.30. The van der Waals surface area contributed by atoms with Crippen molar-refractivity contribution in [2.75, 3.05) is 25.4 Å². The van der Waals surface area contributed by atoms with Crippen molar-refractivity contribution >= 4 is 11.6 Å². The lowest BCUT2D eigenvalue weighted by Crippen LogP contribution is -2.33. The van der Waals surface area contributed by atoms with Gasteiger partial charge in [-0.05, 0) is 36.8 Å². The summed E-state index contributed by atoms with van der Waals surface area (Å²) in [6.45, 7) is 6.71. The number of carbonyl (C=O) groups excluding carboxylic acids is 1. The number of ether oxygens (including phenoxy) is 1. The molecule has 1 aliphatic rings. The fraction of sp³-hybridized carbons (Fsp3) is 0.588. The standard InChI is InChI=1S/C17H26N2O2/c1-17(2)8-4-10-19(11-9-17)16(20)7-12-21-15-6-3-5-14(18)13-15/h3,5-6,13H,4,7-12,18H2,1-2H3. The molecule has 1 aromatic rings. The number of nitrogens with two attached hydrogens (primary N) is 1. The summed E-state index contributed by atoms with van der Waals surface area (Å²) in [5.74, 6) is 0.913. The van der Waals surface area contributed by atoms with Gasteiger partial charge in [0.25, 0.3) is 0 Å². The van der Waals surface area contributed by atoms with Gasteiger partial charge in [0.2, 0.25) is 5.91 Å². The van der Waals surface area contributed by atoms with E-state index in [4.69, 9.17) is 10.5 Å². The number of amides is 1. The van der Waals surface area contributed by atoms with Crippen molar-refractivity contribution in [3.8, 4) is 5.75 Å². The van der Waals surface area contributed by atoms with E-state index in [0.29, 0.717) is 24.1 Å². The van der Waals surface area contributed by atoms with Gasteiger partial charge in [-0.2, -0.15) is 0 Å². The van der Waals surface area contributed by atoms with Gasteiger partial charge in [-0.15, -0.1) is 0 Å². The Morgan fingerprint density at radius 1 is 1.33 bits per heavy atom. The summed E-state index contributed by atoms with van der Waals surface area (Å²) in [4.78, 5) is 14.2. The van der Waals surface area contributed by atoms with Crippen LogP contribution in [0.4, 0.5) is 5.69 Å². The SMILES string of the molecule is CC1(C)CCCN(C(=O)CCOc2cccc(N)c2)CC1. The highest BCUT2D eigenvalue weighted by molar-refractivity contribution is 5.76. The summed E-state index contributed by atoms with van der Waals surface area (Å²) in [6.07, 6.45) is 3.79. The fourth-order valence-corrected chi connectivity index (χ4v) is 2.69. The van der Waals surface area contributed by atoms with Crippen molar-refractivity contribution in [3.63, 3.8) is 0 Å². The molecule has 0 atom stereocenters. The maximum Gasteiger partial charge on any atom is 0.225 e. The van der Waals surface area contributed by atoms with Crippen molar-refractivity contribution in [3.05, 3.63) is 24.3 Å². The molecule has 1 fully saturated rings. The van der Waals surface area contributed by atoms with Crippen molar-refractivity contribution in [1.29, 1.82) is 0 Å². The molecule has 116 valence electrons. The lowest BCUT2D eigenvalue weighted by Gasteiger charge is -2.23. The van der Waals surface area contributed by atoms with Gasteiger partial charge in [0, 0.05) is 24.8 Å². The number of hydrogen-bond donors (Lipinski definition) is 1. The second kappa shape index (κ2) is 6.83. The molecule has 1 saturated heterocycles. The Morgan fingerprint density at radius 3 is 2.90 bits per heavy atom. The smallest absolute Gasteiger partial charge is 0.225 e. The molecule has 1 aromatic carbocycles. The van der Waals surface area contributed by atoms with Gasteiger partial charge < -0.3 is 15.4 Å². The highest BCUT2D eigenvalue weighted by atomic mass is 16.5. The van der Waals surface area contributed by atoms with Crippen LogP contribution >= 0.6 is 0 Å². The molecule has 0 spiro atoms. The van der Waals surface area contributed by atoms with E-state index in [0.717, 1.165) is 31.7 Å². The first-order valence-electron chi connectivity index (χ1n) is 7.72. The molecule has 2 rings (SSSR count). The molecule has 21 heavy (non-hydrogen) atoms. The minimum absolute atomic E-state index is 0.191. The van der Waals surface area contributed by atoms with Crippen molar-refractivity contribution in [1.82, 2.24) is 4.90 Å². The van der Waals surface area contributed by atoms with Crippen LogP contribution in [0.25, 0.3) is 0 Å². The Bertz CT molecular complexity index is 485. The van der Waals surface area contributed by atoms with Crippen LogP contribution in [0.5, 0.6) is 5.75 Å². The first-order chi connectivity index (χ1) is 9.96. The topological polar surface area (TPSA) is 55.6 Å². The van der Waals surface area contributed by atoms with Crippen LogP contribution in [-0.4, -0.2) is 30.5 Å². The Morgan fingerprint density at radius 2 is 2.14 bits per heavy atom. The Balaban J connectivity index is 1.77. The largest absolute Gasteiger partial charge is 0.493 e. The highest BCUT2D eigenvalue weighted by Gasteiger charge is 2.25.